The number of carbonyl (C=O) groups is 1. The fourth-order valence-electron chi connectivity index (χ4n) is 1.47. The molecule has 0 amide bonds. The van der Waals surface area contributed by atoms with Crippen molar-refractivity contribution in [2.75, 3.05) is 7.11 Å². The highest BCUT2D eigenvalue weighted by Gasteiger charge is 2.31. The number of aliphatic carboxylic acids is 1. The Balaban J connectivity index is 2.39. The first-order valence-corrected chi connectivity index (χ1v) is 4.94. The molecule has 0 radical (unpaired) electrons. The Morgan fingerprint density at radius 1 is 1.56 bits per heavy atom. The Labute approximate surface area is 91.3 Å². The Bertz CT molecular complexity index is 432. The Hall–Kier alpha value is -1.72. The molecule has 1 saturated carbocycles. The van der Waals surface area contributed by atoms with E-state index in [9.17, 15) is 9.18 Å². The van der Waals surface area contributed by atoms with Gasteiger partial charge in [0.1, 0.15) is 12.2 Å². The first kappa shape index (κ1) is 10.8. The summed E-state index contributed by atoms with van der Waals surface area (Å²) in [7, 11) is 1.30. The third-order valence-electron chi connectivity index (χ3n) is 2.36. The Morgan fingerprint density at radius 3 is 2.75 bits per heavy atom. The van der Waals surface area contributed by atoms with Crippen molar-refractivity contribution in [3.05, 3.63) is 17.3 Å². The van der Waals surface area contributed by atoms with Crippen LogP contribution in [0.2, 0.25) is 0 Å². The standard InChI is InChI=1S/C10H11FN2O3/c1-16-10-8(11)9(5-2-3-5)12-6(13-10)4-7(14)15/h5H,2-4H2,1H3,(H,14,15). The highest BCUT2D eigenvalue weighted by atomic mass is 19.1. The smallest absolute Gasteiger partial charge is 0.311 e. The second-order valence-electron chi connectivity index (χ2n) is 3.69. The molecule has 0 spiro atoms. The van der Waals surface area contributed by atoms with E-state index < -0.39 is 11.8 Å². The van der Waals surface area contributed by atoms with Crippen molar-refractivity contribution >= 4 is 5.97 Å². The monoisotopic (exact) mass is 226 g/mol. The van der Waals surface area contributed by atoms with Crippen LogP contribution in [0.15, 0.2) is 0 Å². The topological polar surface area (TPSA) is 72.3 Å². The molecule has 1 N–H and O–H groups in total. The van der Waals surface area contributed by atoms with Crippen LogP contribution in [-0.4, -0.2) is 28.2 Å². The number of carboxylic acid groups (broad SMARTS) is 1. The summed E-state index contributed by atoms with van der Waals surface area (Å²) in [5.74, 6) is -1.61. The third-order valence-corrected chi connectivity index (χ3v) is 2.36. The van der Waals surface area contributed by atoms with E-state index in [4.69, 9.17) is 9.84 Å². The molecule has 2 rings (SSSR count). The maximum absolute atomic E-state index is 13.7. The van der Waals surface area contributed by atoms with E-state index in [1.807, 2.05) is 0 Å². The summed E-state index contributed by atoms with van der Waals surface area (Å²) in [5, 5.41) is 8.63. The van der Waals surface area contributed by atoms with E-state index in [1.54, 1.807) is 0 Å². The van der Waals surface area contributed by atoms with Crippen LogP contribution < -0.4 is 4.74 Å². The molecule has 5 nitrogen and oxygen atoms in total. The normalized spacial score (nSPS) is 14.9. The molecule has 0 aromatic carbocycles. The fourth-order valence-corrected chi connectivity index (χ4v) is 1.47. The van der Waals surface area contributed by atoms with Crippen LogP contribution >= 0.6 is 0 Å². The molecule has 1 aromatic heterocycles. The van der Waals surface area contributed by atoms with E-state index >= 15 is 0 Å². The second-order valence-corrected chi connectivity index (χ2v) is 3.69. The van der Waals surface area contributed by atoms with E-state index in [2.05, 4.69) is 9.97 Å². The molecule has 0 saturated heterocycles. The molecule has 86 valence electrons. The lowest BCUT2D eigenvalue weighted by Gasteiger charge is -2.07. The molecule has 0 aliphatic heterocycles. The number of hydrogen-bond donors (Lipinski definition) is 1. The number of rotatable bonds is 4. The first-order chi connectivity index (χ1) is 7.61. The third kappa shape index (κ3) is 2.10. The predicted molar refractivity (Wildman–Crippen MR) is 51.9 cm³/mol. The van der Waals surface area contributed by atoms with Crippen molar-refractivity contribution in [2.45, 2.75) is 25.2 Å². The molecular weight excluding hydrogens is 215 g/mol. The average Bonchev–Trinajstić information content (AvgIpc) is 3.03. The van der Waals surface area contributed by atoms with Crippen molar-refractivity contribution in [1.29, 1.82) is 0 Å². The molecule has 1 aromatic rings. The van der Waals surface area contributed by atoms with Gasteiger partial charge in [0.2, 0.25) is 5.82 Å². The zero-order chi connectivity index (χ0) is 11.7. The largest absolute Gasteiger partial charge is 0.481 e. The van der Waals surface area contributed by atoms with Gasteiger partial charge in [-0.05, 0) is 12.8 Å². The molecule has 1 fully saturated rings. The number of carboxylic acids is 1. The number of nitrogens with zero attached hydrogens (tertiary/aromatic N) is 2. The zero-order valence-corrected chi connectivity index (χ0v) is 8.73. The predicted octanol–water partition coefficient (Wildman–Crippen LogP) is 1.13. The minimum Gasteiger partial charge on any atom is -0.481 e. The van der Waals surface area contributed by atoms with Crippen molar-refractivity contribution < 1.29 is 19.0 Å². The van der Waals surface area contributed by atoms with Gasteiger partial charge in [0.15, 0.2) is 0 Å². The molecule has 1 heterocycles. The summed E-state index contributed by atoms with van der Waals surface area (Å²) >= 11 is 0. The number of hydrogen-bond acceptors (Lipinski definition) is 4. The van der Waals surface area contributed by atoms with Crippen molar-refractivity contribution in [1.82, 2.24) is 9.97 Å². The van der Waals surface area contributed by atoms with Crippen LogP contribution in [0.25, 0.3) is 0 Å². The number of ether oxygens (including phenoxy) is 1. The lowest BCUT2D eigenvalue weighted by atomic mass is 10.2. The Morgan fingerprint density at radius 2 is 2.25 bits per heavy atom. The molecule has 0 unspecified atom stereocenters. The highest BCUT2D eigenvalue weighted by Crippen LogP contribution is 2.41. The van der Waals surface area contributed by atoms with Crippen LogP contribution in [0.5, 0.6) is 5.88 Å². The van der Waals surface area contributed by atoms with Gasteiger partial charge in [-0.3, -0.25) is 4.79 Å². The van der Waals surface area contributed by atoms with Gasteiger partial charge in [-0.25, -0.2) is 4.98 Å². The average molecular weight is 226 g/mol. The summed E-state index contributed by atoms with van der Waals surface area (Å²) in [5.41, 5.74) is 0.281. The SMILES string of the molecule is COc1nc(CC(=O)O)nc(C2CC2)c1F. The van der Waals surface area contributed by atoms with Gasteiger partial charge in [0, 0.05) is 5.92 Å². The lowest BCUT2D eigenvalue weighted by molar-refractivity contribution is -0.136. The van der Waals surface area contributed by atoms with Crippen LogP contribution in [0.4, 0.5) is 4.39 Å². The molecule has 0 atom stereocenters. The van der Waals surface area contributed by atoms with Crippen molar-refractivity contribution in [2.24, 2.45) is 0 Å². The maximum atomic E-state index is 13.7. The van der Waals surface area contributed by atoms with Crippen LogP contribution in [0.3, 0.4) is 0 Å². The first-order valence-electron chi connectivity index (χ1n) is 4.94. The summed E-state index contributed by atoms with van der Waals surface area (Å²) in [6.45, 7) is 0. The summed E-state index contributed by atoms with van der Waals surface area (Å²) < 4.78 is 18.5. The van der Waals surface area contributed by atoms with Gasteiger partial charge < -0.3 is 9.84 Å². The van der Waals surface area contributed by atoms with Gasteiger partial charge in [-0.2, -0.15) is 9.37 Å². The van der Waals surface area contributed by atoms with Gasteiger partial charge >= 0.3 is 5.97 Å². The van der Waals surface area contributed by atoms with Crippen LogP contribution in [0, 0.1) is 5.82 Å². The molecule has 6 heteroatoms. The van der Waals surface area contributed by atoms with Gasteiger partial charge in [0.05, 0.1) is 12.8 Å². The number of aromatic nitrogens is 2. The number of methoxy groups -OCH3 is 1. The van der Waals surface area contributed by atoms with Crippen molar-refractivity contribution in [3.8, 4) is 5.88 Å². The molecule has 1 aliphatic carbocycles. The van der Waals surface area contributed by atoms with E-state index in [-0.39, 0.29) is 29.7 Å². The Kier molecular flexibility index (Phi) is 2.72. The van der Waals surface area contributed by atoms with Gasteiger partial charge in [0.25, 0.3) is 5.88 Å². The molecule has 16 heavy (non-hydrogen) atoms. The number of halogens is 1. The molecule has 1 aliphatic rings. The van der Waals surface area contributed by atoms with E-state index in [0.29, 0.717) is 0 Å². The van der Waals surface area contributed by atoms with Crippen LogP contribution in [0.1, 0.15) is 30.3 Å². The summed E-state index contributed by atoms with van der Waals surface area (Å²) in [6, 6.07) is 0. The van der Waals surface area contributed by atoms with Crippen LogP contribution in [-0.2, 0) is 11.2 Å². The maximum Gasteiger partial charge on any atom is 0.311 e. The van der Waals surface area contributed by atoms with Gasteiger partial charge in [-0.15, -0.1) is 0 Å². The minimum atomic E-state index is -1.05. The van der Waals surface area contributed by atoms with E-state index in [1.165, 1.54) is 7.11 Å². The molecule has 0 bridgehead atoms. The highest BCUT2D eigenvalue weighted by molar-refractivity contribution is 5.69. The van der Waals surface area contributed by atoms with Crippen molar-refractivity contribution in [3.63, 3.8) is 0 Å². The lowest BCUT2D eigenvalue weighted by Crippen LogP contribution is -2.10. The van der Waals surface area contributed by atoms with E-state index in [0.717, 1.165) is 12.8 Å². The van der Waals surface area contributed by atoms with Gasteiger partial charge in [-0.1, -0.05) is 0 Å². The zero-order valence-electron chi connectivity index (χ0n) is 8.73. The quantitative estimate of drug-likeness (QED) is 0.833. The summed E-state index contributed by atoms with van der Waals surface area (Å²) in [6.07, 6.45) is 1.43. The molecular formula is C10H11FN2O3. The fraction of sp³-hybridized carbons (Fsp3) is 0.500. The minimum absolute atomic E-state index is 0.0874. The second kappa shape index (κ2) is 4.03. The summed E-state index contributed by atoms with van der Waals surface area (Å²) in [4.78, 5) is 18.2.